The van der Waals surface area contributed by atoms with Gasteiger partial charge in [0.15, 0.2) is 0 Å². The van der Waals surface area contributed by atoms with Crippen molar-refractivity contribution < 1.29 is 5.11 Å². The first kappa shape index (κ1) is 13.4. The molecule has 0 saturated carbocycles. The van der Waals surface area contributed by atoms with Crippen molar-refractivity contribution in [2.24, 2.45) is 0 Å². The van der Waals surface area contributed by atoms with Crippen LogP contribution in [0.3, 0.4) is 0 Å². The summed E-state index contributed by atoms with van der Waals surface area (Å²) in [6, 6.07) is 11.5. The van der Waals surface area contributed by atoms with Gasteiger partial charge in [-0.3, -0.25) is 0 Å². The average molecular weight is 280 g/mol. The van der Waals surface area contributed by atoms with Crippen molar-refractivity contribution in [2.45, 2.75) is 29.4 Å². The SMILES string of the molecule is CCC(O)c1ccc(Sc2ncccc2Cl)cc1. The molecule has 0 aliphatic rings. The molecular weight excluding hydrogens is 266 g/mol. The number of benzene rings is 1. The molecule has 0 spiro atoms. The third kappa shape index (κ3) is 3.25. The minimum Gasteiger partial charge on any atom is -0.388 e. The Morgan fingerprint density at radius 1 is 1.28 bits per heavy atom. The predicted molar refractivity (Wildman–Crippen MR) is 75.1 cm³/mol. The number of hydrogen-bond acceptors (Lipinski definition) is 3. The van der Waals surface area contributed by atoms with Gasteiger partial charge in [0.2, 0.25) is 0 Å². The zero-order valence-electron chi connectivity index (χ0n) is 10.0. The van der Waals surface area contributed by atoms with Gasteiger partial charge in [0.05, 0.1) is 11.1 Å². The van der Waals surface area contributed by atoms with Crippen LogP contribution in [0.2, 0.25) is 5.02 Å². The number of halogens is 1. The van der Waals surface area contributed by atoms with Gasteiger partial charge in [-0.1, -0.05) is 42.4 Å². The summed E-state index contributed by atoms with van der Waals surface area (Å²) in [4.78, 5) is 5.29. The zero-order chi connectivity index (χ0) is 13.0. The van der Waals surface area contributed by atoms with E-state index in [9.17, 15) is 5.11 Å². The standard InChI is InChI=1S/C14H14ClNOS/c1-2-13(17)10-5-7-11(8-6-10)18-14-12(15)4-3-9-16-14/h3-9,13,17H,2H2,1H3. The van der Waals surface area contributed by atoms with E-state index in [1.807, 2.05) is 43.3 Å². The van der Waals surface area contributed by atoms with Crippen LogP contribution in [0.5, 0.6) is 0 Å². The molecule has 18 heavy (non-hydrogen) atoms. The molecule has 2 rings (SSSR count). The number of rotatable bonds is 4. The normalized spacial score (nSPS) is 12.4. The second kappa shape index (κ2) is 6.23. The second-order valence-electron chi connectivity index (χ2n) is 3.89. The van der Waals surface area contributed by atoms with Crippen LogP contribution in [0, 0.1) is 0 Å². The number of nitrogens with zero attached hydrogens (tertiary/aromatic N) is 1. The lowest BCUT2D eigenvalue weighted by molar-refractivity contribution is 0.173. The van der Waals surface area contributed by atoms with Gasteiger partial charge in [-0.2, -0.15) is 0 Å². The summed E-state index contributed by atoms with van der Waals surface area (Å²) < 4.78 is 0. The highest BCUT2D eigenvalue weighted by Crippen LogP contribution is 2.31. The first-order valence-corrected chi connectivity index (χ1v) is 6.96. The molecule has 0 aliphatic heterocycles. The summed E-state index contributed by atoms with van der Waals surface area (Å²) in [5.74, 6) is 0. The highest BCUT2D eigenvalue weighted by Gasteiger charge is 2.06. The molecule has 1 aromatic heterocycles. The summed E-state index contributed by atoms with van der Waals surface area (Å²) in [5, 5.41) is 11.2. The molecule has 94 valence electrons. The number of pyridine rings is 1. The Bertz CT molecular complexity index is 515. The lowest BCUT2D eigenvalue weighted by Crippen LogP contribution is -1.94. The number of hydrogen-bond donors (Lipinski definition) is 1. The van der Waals surface area contributed by atoms with Crippen LogP contribution >= 0.6 is 23.4 Å². The molecule has 1 atom stereocenters. The lowest BCUT2D eigenvalue weighted by Gasteiger charge is -2.08. The van der Waals surface area contributed by atoms with E-state index in [1.165, 1.54) is 11.8 Å². The maximum atomic E-state index is 9.71. The fourth-order valence-electron chi connectivity index (χ4n) is 1.55. The van der Waals surface area contributed by atoms with Gasteiger partial charge >= 0.3 is 0 Å². The van der Waals surface area contributed by atoms with Crippen LogP contribution in [0.1, 0.15) is 25.0 Å². The van der Waals surface area contributed by atoms with Gasteiger partial charge in [-0.05, 0) is 36.2 Å². The van der Waals surface area contributed by atoms with Gasteiger partial charge < -0.3 is 5.11 Å². The molecule has 1 unspecified atom stereocenters. The number of aliphatic hydroxyl groups excluding tert-OH is 1. The van der Waals surface area contributed by atoms with Crippen LogP contribution in [0.15, 0.2) is 52.5 Å². The van der Waals surface area contributed by atoms with Crippen LogP contribution in [0.4, 0.5) is 0 Å². The molecule has 0 aliphatic carbocycles. The Hall–Kier alpha value is -1.03. The largest absolute Gasteiger partial charge is 0.388 e. The van der Waals surface area contributed by atoms with Gasteiger partial charge in [0.25, 0.3) is 0 Å². The van der Waals surface area contributed by atoms with Crippen molar-refractivity contribution in [1.29, 1.82) is 0 Å². The fourth-order valence-corrected chi connectivity index (χ4v) is 2.56. The third-order valence-electron chi connectivity index (χ3n) is 2.59. The van der Waals surface area contributed by atoms with E-state index in [4.69, 9.17) is 11.6 Å². The summed E-state index contributed by atoms with van der Waals surface area (Å²) >= 11 is 7.57. The Kier molecular flexibility index (Phi) is 4.64. The summed E-state index contributed by atoms with van der Waals surface area (Å²) in [5.41, 5.74) is 0.939. The molecular formula is C14H14ClNOS. The van der Waals surface area contributed by atoms with Crippen molar-refractivity contribution in [3.8, 4) is 0 Å². The van der Waals surface area contributed by atoms with Crippen LogP contribution in [-0.2, 0) is 0 Å². The topological polar surface area (TPSA) is 33.1 Å². The average Bonchev–Trinajstić information content (AvgIpc) is 2.41. The first-order valence-electron chi connectivity index (χ1n) is 5.77. The molecule has 1 N–H and O–H groups in total. The van der Waals surface area contributed by atoms with E-state index in [1.54, 1.807) is 6.20 Å². The predicted octanol–water partition coefficient (Wildman–Crippen LogP) is 4.33. The maximum absolute atomic E-state index is 9.71. The molecule has 0 bridgehead atoms. The molecule has 1 heterocycles. The Morgan fingerprint density at radius 3 is 2.61 bits per heavy atom. The van der Waals surface area contributed by atoms with E-state index in [0.29, 0.717) is 5.02 Å². The van der Waals surface area contributed by atoms with E-state index < -0.39 is 0 Å². The van der Waals surface area contributed by atoms with E-state index in [0.717, 1.165) is 21.9 Å². The third-order valence-corrected chi connectivity index (χ3v) is 4.03. The first-order chi connectivity index (χ1) is 8.70. The monoisotopic (exact) mass is 279 g/mol. The van der Waals surface area contributed by atoms with Gasteiger partial charge in [-0.25, -0.2) is 4.98 Å². The molecule has 2 nitrogen and oxygen atoms in total. The van der Waals surface area contributed by atoms with Crippen molar-refractivity contribution in [3.63, 3.8) is 0 Å². The minimum absolute atomic E-state index is 0.387. The van der Waals surface area contributed by atoms with Gasteiger partial charge in [0.1, 0.15) is 5.03 Å². The maximum Gasteiger partial charge on any atom is 0.119 e. The Labute approximate surface area is 116 Å². The molecule has 0 radical (unpaired) electrons. The molecule has 0 fully saturated rings. The fraction of sp³-hybridized carbons (Fsp3) is 0.214. The van der Waals surface area contributed by atoms with E-state index in [-0.39, 0.29) is 6.10 Å². The van der Waals surface area contributed by atoms with Crippen molar-refractivity contribution in [2.75, 3.05) is 0 Å². The summed E-state index contributed by atoms with van der Waals surface area (Å²) in [7, 11) is 0. The Morgan fingerprint density at radius 2 is 2.00 bits per heavy atom. The summed E-state index contributed by atoms with van der Waals surface area (Å²) in [6.07, 6.45) is 2.06. The van der Waals surface area contributed by atoms with E-state index >= 15 is 0 Å². The number of aromatic nitrogens is 1. The molecule has 4 heteroatoms. The number of aliphatic hydroxyl groups is 1. The Balaban J connectivity index is 2.14. The van der Waals surface area contributed by atoms with E-state index in [2.05, 4.69) is 4.98 Å². The van der Waals surface area contributed by atoms with Gasteiger partial charge in [0, 0.05) is 11.1 Å². The van der Waals surface area contributed by atoms with Crippen molar-refractivity contribution >= 4 is 23.4 Å². The highest BCUT2D eigenvalue weighted by atomic mass is 35.5. The molecule has 2 aromatic rings. The molecule has 0 saturated heterocycles. The lowest BCUT2D eigenvalue weighted by atomic mass is 10.1. The highest BCUT2D eigenvalue weighted by molar-refractivity contribution is 7.99. The quantitative estimate of drug-likeness (QED) is 0.904. The van der Waals surface area contributed by atoms with Crippen molar-refractivity contribution in [3.05, 3.63) is 53.2 Å². The molecule has 0 amide bonds. The van der Waals surface area contributed by atoms with Gasteiger partial charge in [-0.15, -0.1) is 0 Å². The van der Waals surface area contributed by atoms with Crippen LogP contribution in [-0.4, -0.2) is 10.1 Å². The second-order valence-corrected chi connectivity index (χ2v) is 5.35. The zero-order valence-corrected chi connectivity index (χ0v) is 11.6. The summed E-state index contributed by atoms with van der Waals surface area (Å²) in [6.45, 7) is 1.96. The smallest absolute Gasteiger partial charge is 0.119 e. The van der Waals surface area contributed by atoms with Crippen LogP contribution in [0.25, 0.3) is 0 Å². The molecule has 1 aromatic carbocycles. The van der Waals surface area contributed by atoms with Crippen molar-refractivity contribution in [1.82, 2.24) is 4.98 Å². The minimum atomic E-state index is -0.387. The van der Waals surface area contributed by atoms with Crippen LogP contribution < -0.4 is 0 Å².